The molecule has 5 rings (SSSR count). The molecule has 0 bridgehead atoms. The number of fused-ring (bicyclic) bond motifs is 1. The first-order chi connectivity index (χ1) is 18.3. The SMILES string of the molecule is Cc1cccc2c1N(C1CCN(CC(=O)Nc3ccc(Cl)cc3C(=O)c3ccccc3Cl)CC1)C(=O)OC2. The van der Waals surface area contributed by atoms with Crippen LogP contribution in [0.4, 0.5) is 16.2 Å². The number of ketones is 1. The van der Waals surface area contributed by atoms with Gasteiger partial charge in [-0.05, 0) is 55.7 Å². The first-order valence-corrected chi connectivity index (χ1v) is 13.2. The molecule has 7 nitrogen and oxygen atoms in total. The number of carbonyl (C=O) groups is 3. The number of piperidine rings is 1. The molecule has 0 radical (unpaired) electrons. The first kappa shape index (κ1) is 26.2. The standard InChI is InChI=1S/C29H27Cl2N3O4/c1-18-5-4-6-19-17-38-29(37)34(27(18)19)21-11-13-33(14-12-21)16-26(35)32-25-10-9-20(30)15-23(25)28(36)22-7-2-3-8-24(22)31/h2-10,15,21H,11-14,16-17H2,1H3,(H,32,35). The molecule has 2 aliphatic heterocycles. The van der Waals surface area contributed by atoms with Crippen LogP contribution in [0, 0.1) is 6.92 Å². The smallest absolute Gasteiger partial charge is 0.414 e. The van der Waals surface area contributed by atoms with Crippen LogP contribution < -0.4 is 10.2 Å². The van der Waals surface area contributed by atoms with Crippen molar-refractivity contribution in [1.82, 2.24) is 4.90 Å². The number of anilines is 2. The lowest BCUT2D eigenvalue weighted by Crippen LogP contribution is -2.50. The fraction of sp³-hybridized carbons (Fsp3) is 0.276. The number of amides is 2. The molecule has 1 N–H and O–H groups in total. The third kappa shape index (κ3) is 5.41. The maximum Gasteiger partial charge on any atom is 0.414 e. The Bertz CT molecular complexity index is 1400. The number of rotatable bonds is 6. The van der Waals surface area contributed by atoms with Gasteiger partial charge >= 0.3 is 6.09 Å². The van der Waals surface area contributed by atoms with Crippen LogP contribution in [0.15, 0.2) is 60.7 Å². The molecule has 0 saturated carbocycles. The van der Waals surface area contributed by atoms with E-state index in [0.717, 1.165) is 16.8 Å². The molecule has 196 valence electrons. The summed E-state index contributed by atoms with van der Waals surface area (Å²) in [6, 6.07) is 17.5. The molecule has 1 fully saturated rings. The minimum Gasteiger partial charge on any atom is -0.444 e. The molecule has 0 atom stereocenters. The van der Waals surface area contributed by atoms with Gasteiger partial charge in [0.2, 0.25) is 5.91 Å². The third-order valence-corrected chi connectivity index (χ3v) is 7.58. The van der Waals surface area contributed by atoms with Gasteiger partial charge in [-0.2, -0.15) is 0 Å². The number of nitrogens with one attached hydrogen (secondary N) is 1. The molecule has 1 saturated heterocycles. The molecule has 0 aliphatic carbocycles. The van der Waals surface area contributed by atoms with Crippen LogP contribution in [0.3, 0.4) is 0 Å². The van der Waals surface area contributed by atoms with Crippen LogP contribution in [0.1, 0.15) is 39.9 Å². The lowest BCUT2D eigenvalue weighted by molar-refractivity contribution is -0.117. The zero-order valence-corrected chi connectivity index (χ0v) is 22.4. The number of ether oxygens (including phenoxy) is 1. The van der Waals surface area contributed by atoms with Crippen molar-refractivity contribution < 1.29 is 19.1 Å². The maximum atomic E-state index is 13.2. The Morgan fingerprint density at radius 3 is 2.53 bits per heavy atom. The topological polar surface area (TPSA) is 79.0 Å². The minimum absolute atomic E-state index is 0.00179. The van der Waals surface area contributed by atoms with Crippen molar-refractivity contribution in [2.75, 3.05) is 29.9 Å². The predicted octanol–water partition coefficient (Wildman–Crippen LogP) is 6.09. The van der Waals surface area contributed by atoms with E-state index in [-0.39, 0.29) is 42.5 Å². The number of hydrogen-bond acceptors (Lipinski definition) is 5. The number of benzene rings is 3. The van der Waals surface area contributed by atoms with E-state index in [4.69, 9.17) is 27.9 Å². The number of hydrogen-bond donors (Lipinski definition) is 1. The quantitative estimate of drug-likeness (QED) is 0.375. The summed E-state index contributed by atoms with van der Waals surface area (Å²) in [6.45, 7) is 3.75. The lowest BCUT2D eigenvalue weighted by atomic mass is 9.99. The van der Waals surface area contributed by atoms with Crippen molar-refractivity contribution in [2.24, 2.45) is 0 Å². The molecular weight excluding hydrogens is 525 g/mol. The summed E-state index contributed by atoms with van der Waals surface area (Å²) in [5, 5.41) is 3.58. The Hall–Kier alpha value is -3.39. The predicted molar refractivity (Wildman–Crippen MR) is 148 cm³/mol. The molecule has 9 heteroatoms. The summed E-state index contributed by atoms with van der Waals surface area (Å²) < 4.78 is 5.43. The molecule has 38 heavy (non-hydrogen) atoms. The molecule has 2 aliphatic rings. The summed E-state index contributed by atoms with van der Waals surface area (Å²) in [5.41, 5.74) is 3.99. The summed E-state index contributed by atoms with van der Waals surface area (Å²) in [5.74, 6) is -0.559. The second kappa shape index (κ2) is 11.2. The van der Waals surface area contributed by atoms with Crippen molar-refractivity contribution in [3.05, 3.63) is 93.0 Å². The van der Waals surface area contributed by atoms with Crippen molar-refractivity contribution in [3.63, 3.8) is 0 Å². The largest absolute Gasteiger partial charge is 0.444 e. The van der Waals surface area contributed by atoms with Gasteiger partial charge in [-0.3, -0.25) is 19.4 Å². The second-order valence-electron chi connectivity index (χ2n) is 9.56. The van der Waals surface area contributed by atoms with Crippen LogP contribution in [-0.4, -0.2) is 48.4 Å². The Balaban J connectivity index is 1.24. The van der Waals surface area contributed by atoms with E-state index in [1.807, 2.05) is 30.0 Å². The number of para-hydroxylation sites is 1. The highest BCUT2D eigenvalue weighted by molar-refractivity contribution is 6.36. The molecule has 3 aromatic rings. The first-order valence-electron chi connectivity index (χ1n) is 12.5. The average molecular weight is 552 g/mol. The van der Waals surface area contributed by atoms with Gasteiger partial charge in [-0.25, -0.2) is 4.79 Å². The second-order valence-corrected chi connectivity index (χ2v) is 10.4. The molecule has 0 aromatic heterocycles. The van der Waals surface area contributed by atoms with Crippen LogP contribution in [-0.2, 0) is 16.1 Å². The number of nitrogens with zero attached hydrogens (tertiary/aromatic N) is 2. The summed E-state index contributed by atoms with van der Waals surface area (Å²) in [6.07, 6.45) is 1.11. The maximum absolute atomic E-state index is 13.2. The van der Waals surface area contributed by atoms with Gasteiger partial charge in [0.15, 0.2) is 5.78 Å². The van der Waals surface area contributed by atoms with Gasteiger partial charge < -0.3 is 10.1 Å². The Labute approximate surface area is 231 Å². The number of aryl methyl sites for hydroxylation is 1. The number of halogens is 2. The molecule has 3 aromatic carbocycles. The van der Waals surface area contributed by atoms with Gasteiger partial charge in [0.1, 0.15) is 6.61 Å². The lowest BCUT2D eigenvalue weighted by Gasteiger charge is -2.40. The molecule has 0 spiro atoms. The number of likely N-dealkylation sites (tertiary alicyclic amines) is 1. The fourth-order valence-corrected chi connectivity index (χ4v) is 5.54. The van der Waals surface area contributed by atoms with E-state index in [9.17, 15) is 14.4 Å². The van der Waals surface area contributed by atoms with Gasteiger partial charge in [-0.15, -0.1) is 0 Å². The normalized spacial score (nSPS) is 16.1. The van der Waals surface area contributed by atoms with Gasteiger partial charge in [0, 0.05) is 40.8 Å². The number of cyclic esters (lactones) is 1. The molecule has 2 heterocycles. The Morgan fingerprint density at radius 1 is 1.00 bits per heavy atom. The van der Waals surface area contributed by atoms with Crippen LogP contribution >= 0.6 is 23.2 Å². The van der Waals surface area contributed by atoms with Crippen LogP contribution in [0.25, 0.3) is 0 Å². The van der Waals surface area contributed by atoms with E-state index >= 15 is 0 Å². The van der Waals surface area contributed by atoms with E-state index in [1.165, 1.54) is 6.07 Å². The highest BCUT2D eigenvalue weighted by Gasteiger charge is 2.35. The number of carbonyl (C=O) groups excluding carboxylic acids is 3. The van der Waals surface area contributed by atoms with Gasteiger partial charge in [0.25, 0.3) is 0 Å². The van der Waals surface area contributed by atoms with Crippen molar-refractivity contribution in [2.45, 2.75) is 32.4 Å². The third-order valence-electron chi connectivity index (χ3n) is 7.02. The van der Waals surface area contributed by atoms with E-state index in [0.29, 0.717) is 47.2 Å². The van der Waals surface area contributed by atoms with Crippen molar-refractivity contribution >= 4 is 52.4 Å². The van der Waals surface area contributed by atoms with Crippen LogP contribution in [0.2, 0.25) is 10.0 Å². The zero-order valence-electron chi connectivity index (χ0n) is 20.9. The Morgan fingerprint density at radius 2 is 1.76 bits per heavy atom. The van der Waals surface area contributed by atoms with Gasteiger partial charge in [-0.1, -0.05) is 53.5 Å². The monoisotopic (exact) mass is 551 g/mol. The van der Waals surface area contributed by atoms with Crippen LogP contribution in [0.5, 0.6) is 0 Å². The van der Waals surface area contributed by atoms with E-state index in [1.54, 1.807) is 41.3 Å². The van der Waals surface area contributed by atoms with E-state index in [2.05, 4.69) is 5.32 Å². The highest BCUT2D eigenvalue weighted by Crippen LogP contribution is 2.34. The summed E-state index contributed by atoms with van der Waals surface area (Å²) in [7, 11) is 0. The molecule has 2 amide bonds. The van der Waals surface area contributed by atoms with Gasteiger partial charge in [0.05, 0.1) is 22.9 Å². The van der Waals surface area contributed by atoms with Crippen molar-refractivity contribution in [1.29, 1.82) is 0 Å². The fourth-order valence-electron chi connectivity index (χ4n) is 5.15. The average Bonchev–Trinajstić information content (AvgIpc) is 2.90. The summed E-state index contributed by atoms with van der Waals surface area (Å²) in [4.78, 5) is 42.7. The molecule has 0 unspecified atom stereocenters. The molecular formula is C29H27Cl2N3O4. The van der Waals surface area contributed by atoms with Crippen molar-refractivity contribution in [3.8, 4) is 0 Å². The zero-order chi connectivity index (χ0) is 26.8. The van der Waals surface area contributed by atoms with E-state index < -0.39 is 0 Å². The minimum atomic E-state index is -0.321. The highest BCUT2D eigenvalue weighted by atomic mass is 35.5. The Kier molecular flexibility index (Phi) is 7.70. The summed E-state index contributed by atoms with van der Waals surface area (Å²) >= 11 is 12.4.